The van der Waals surface area contributed by atoms with Gasteiger partial charge in [-0.2, -0.15) is 0 Å². The van der Waals surface area contributed by atoms with Crippen molar-refractivity contribution in [3.63, 3.8) is 0 Å². The van der Waals surface area contributed by atoms with Crippen LogP contribution >= 0.6 is 24.0 Å². The highest BCUT2D eigenvalue weighted by molar-refractivity contribution is 14.0. The van der Waals surface area contributed by atoms with Crippen molar-refractivity contribution < 1.29 is 9.47 Å². The van der Waals surface area contributed by atoms with Gasteiger partial charge in [0.2, 0.25) is 0 Å². The van der Waals surface area contributed by atoms with Crippen LogP contribution in [0.1, 0.15) is 19.4 Å². The van der Waals surface area contributed by atoms with Crippen LogP contribution < -0.4 is 15.5 Å². The number of nitrogens with one attached hydrogen (secondary N) is 2. The molecule has 1 fully saturated rings. The second-order valence-electron chi connectivity index (χ2n) is 6.47. The van der Waals surface area contributed by atoms with Crippen LogP contribution in [-0.4, -0.2) is 58.6 Å². The number of morpholine rings is 1. The number of rotatable bonds is 6. The van der Waals surface area contributed by atoms with E-state index in [9.17, 15) is 0 Å². The summed E-state index contributed by atoms with van der Waals surface area (Å²) >= 11 is 0. The van der Waals surface area contributed by atoms with Crippen LogP contribution in [0.15, 0.2) is 29.3 Å². The molecule has 1 aromatic carbocycles. The average Bonchev–Trinajstić information content (AvgIpc) is 2.63. The van der Waals surface area contributed by atoms with Crippen LogP contribution in [0.3, 0.4) is 0 Å². The van der Waals surface area contributed by atoms with E-state index >= 15 is 0 Å². The molecule has 0 radical (unpaired) electrons. The fraction of sp³-hybridized carbons (Fsp3) is 0.611. The number of methoxy groups -OCH3 is 1. The molecule has 0 unspecified atom stereocenters. The highest BCUT2D eigenvalue weighted by Crippen LogP contribution is 2.21. The summed E-state index contributed by atoms with van der Waals surface area (Å²) in [6.07, 6.45) is 0. The number of anilines is 1. The van der Waals surface area contributed by atoms with Crippen molar-refractivity contribution in [2.45, 2.75) is 26.0 Å². The Morgan fingerprint density at radius 1 is 1.24 bits per heavy atom. The highest BCUT2D eigenvalue weighted by Gasteiger charge is 2.17. The van der Waals surface area contributed by atoms with E-state index in [0.29, 0.717) is 6.54 Å². The van der Waals surface area contributed by atoms with Gasteiger partial charge in [-0.15, -0.1) is 24.0 Å². The zero-order valence-electron chi connectivity index (χ0n) is 15.7. The number of hydrogen-bond acceptors (Lipinski definition) is 4. The van der Waals surface area contributed by atoms with Crippen molar-refractivity contribution in [3.8, 4) is 0 Å². The van der Waals surface area contributed by atoms with E-state index in [-0.39, 0.29) is 29.6 Å². The Morgan fingerprint density at radius 3 is 2.56 bits per heavy atom. The Labute approximate surface area is 168 Å². The van der Waals surface area contributed by atoms with Gasteiger partial charge in [0, 0.05) is 46.0 Å². The van der Waals surface area contributed by atoms with Crippen molar-refractivity contribution in [3.05, 3.63) is 29.8 Å². The normalized spacial score (nSPS) is 15.5. The van der Waals surface area contributed by atoms with Gasteiger partial charge in [0.05, 0.1) is 18.8 Å². The maximum absolute atomic E-state index is 5.45. The summed E-state index contributed by atoms with van der Waals surface area (Å²) in [4.78, 5) is 6.67. The number of para-hydroxylation sites is 1. The van der Waals surface area contributed by atoms with Crippen molar-refractivity contribution in [1.29, 1.82) is 0 Å². The molecule has 142 valence electrons. The largest absolute Gasteiger partial charge is 0.378 e. The first-order valence-electron chi connectivity index (χ1n) is 8.46. The molecule has 0 spiro atoms. The third kappa shape index (κ3) is 6.99. The molecular formula is C18H31IN4O2. The Kier molecular flexibility index (Phi) is 9.52. The second-order valence-corrected chi connectivity index (χ2v) is 6.47. The van der Waals surface area contributed by atoms with Crippen molar-refractivity contribution in [2.75, 3.05) is 51.9 Å². The minimum Gasteiger partial charge on any atom is -0.378 e. The van der Waals surface area contributed by atoms with Gasteiger partial charge in [0.25, 0.3) is 0 Å². The molecule has 25 heavy (non-hydrogen) atoms. The van der Waals surface area contributed by atoms with Gasteiger partial charge >= 0.3 is 0 Å². The maximum atomic E-state index is 5.45. The predicted molar refractivity (Wildman–Crippen MR) is 114 cm³/mol. The molecule has 0 bridgehead atoms. The first-order valence-corrected chi connectivity index (χ1v) is 8.46. The number of hydrogen-bond donors (Lipinski definition) is 2. The van der Waals surface area contributed by atoms with Crippen molar-refractivity contribution in [1.82, 2.24) is 10.6 Å². The number of nitrogens with zero attached hydrogens (tertiary/aromatic N) is 2. The lowest BCUT2D eigenvalue weighted by Crippen LogP contribution is -2.45. The summed E-state index contributed by atoms with van der Waals surface area (Å²) in [5, 5.41) is 6.70. The van der Waals surface area contributed by atoms with E-state index in [1.54, 1.807) is 14.2 Å². The zero-order chi connectivity index (χ0) is 17.4. The summed E-state index contributed by atoms with van der Waals surface area (Å²) < 4.78 is 10.9. The minimum absolute atomic E-state index is 0. The number of ether oxygens (including phenoxy) is 2. The SMILES string of the molecule is CN=C(NCc1ccccc1N1CCOCC1)NCC(C)(C)OC.I. The summed E-state index contributed by atoms with van der Waals surface area (Å²) in [6, 6.07) is 8.49. The van der Waals surface area contributed by atoms with E-state index in [4.69, 9.17) is 9.47 Å². The van der Waals surface area contributed by atoms with Gasteiger partial charge in [-0.05, 0) is 25.5 Å². The molecular weight excluding hydrogens is 431 g/mol. The zero-order valence-corrected chi connectivity index (χ0v) is 18.0. The molecule has 2 N–H and O–H groups in total. The lowest BCUT2D eigenvalue weighted by atomic mass is 10.1. The Bertz CT molecular complexity index is 546. The smallest absolute Gasteiger partial charge is 0.191 e. The molecule has 1 aliphatic rings. The van der Waals surface area contributed by atoms with Gasteiger partial charge in [0.15, 0.2) is 5.96 Å². The van der Waals surface area contributed by atoms with Crippen molar-refractivity contribution >= 4 is 35.6 Å². The fourth-order valence-corrected chi connectivity index (χ4v) is 2.54. The van der Waals surface area contributed by atoms with Crippen LogP contribution in [0.5, 0.6) is 0 Å². The topological polar surface area (TPSA) is 58.1 Å². The first-order chi connectivity index (χ1) is 11.6. The fourth-order valence-electron chi connectivity index (χ4n) is 2.54. The quantitative estimate of drug-likeness (QED) is 0.386. The molecule has 1 heterocycles. The van der Waals surface area contributed by atoms with Gasteiger partial charge in [-0.25, -0.2) is 0 Å². The van der Waals surface area contributed by atoms with Crippen LogP contribution in [-0.2, 0) is 16.0 Å². The standard InChI is InChI=1S/C18H30N4O2.HI/c1-18(2,23-4)14-21-17(19-3)20-13-15-7-5-6-8-16(15)22-9-11-24-12-10-22;/h5-8H,9-14H2,1-4H3,(H2,19,20,21);1H. The van der Waals surface area contributed by atoms with E-state index in [1.165, 1.54) is 11.3 Å². The molecule has 0 saturated carbocycles. The molecule has 0 atom stereocenters. The molecule has 1 aliphatic heterocycles. The third-order valence-electron chi connectivity index (χ3n) is 4.25. The molecule has 1 aromatic rings. The van der Waals surface area contributed by atoms with Gasteiger partial charge < -0.3 is 25.0 Å². The molecule has 0 amide bonds. The Hall–Kier alpha value is -1.06. The number of benzene rings is 1. The Balaban J connectivity index is 0.00000312. The number of guanidine groups is 1. The molecule has 7 heteroatoms. The van der Waals surface area contributed by atoms with E-state index in [1.807, 2.05) is 13.8 Å². The summed E-state index contributed by atoms with van der Waals surface area (Å²) in [5.41, 5.74) is 2.29. The van der Waals surface area contributed by atoms with Crippen LogP contribution in [0, 0.1) is 0 Å². The van der Waals surface area contributed by atoms with Crippen LogP contribution in [0.2, 0.25) is 0 Å². The van der Waals surface area contributed by atoms with Crippen LogP contribution in [0.25, 0.3) is 0 Å². The Morgan fingerprint density at radius 2 is 1.92 bits per heavy atom. The lowest BCUT2D eigenvalue weighted by molar-refractivity contribution is 0.0268. The van der Waals surface area contributed by atoms with E-state index in [2.05, 4.69) is 44.8 Å². The highest BCUT2D eigenvalue weighted by atomic mass is 127. The monoisotopic (exact) mass is 462 g/mol. The van der Waals surface area contributed by atoms with Crippen molar-refractivity contribution in [2.24, 2.45) is 4.99 Å². The summed E-state index contributed by atoms with van der Waals surface area (Å²) in [5.74, 6) is 0.775. The van der Waals surface area contributed by atoms with E-state index in [0.717, 1.165) is 38.8 Å². The molecule has 2 rings (SSSR count). The molecule has 1 saturated heterocycles. The number of halogens is 1. The predicted octanol–water partition coefficient (Wildman–Crippen LogP) is 2.23. The maximum Gasteiger partial charge on any atom is 0.191 e. The lowest BCUT2D eigenvalue weighted by Gasteiger charge is -2.31. The van der Waals surface area contributed by atoms with Gasteiger partial charge in [-0.1, -0.05) is 18.2 Å². The first kappa shape index (κ1) is 22.0. The minimum atomic E-state index is -0.233. The third-order valence-corrected chi connectivity index (χ3v) is 4.25. The second kappa shape index (κ2) is 10.8. The summed E-state index contributed by atoms with van der Waals surface area (Å²) in [7, 11) is 3.50. The van der Waals surface area contributed by atoms with Crippen LogP contribution in [0.4, 0.5) is 5.69 Å². The van der Waals surface area contributed by atoms with Gasteiger partial charge in [-0.3, -0.25) is 4.99 Å². The average molecular weight is 462 g/mol. The molecule has 6 nitrogen and oxygen atoms in total. The van der Waals surface area contributed by atoms with E-state index < -0.39 is 0 Å². The number of aliphatic imine (C=N–C) groups is 1. The summed E-state index contributed by atoms with van der Waals surface area (Å²) in [6.45, 7) is 8.95. The van der Waals surface area contributed by atoms with Gasteiger partial charge in [0.1, 0.15) is 0 Å². The molecule has 0 aliphatic carbocycles. The molecule has 0 aromatic heterocycles.